The van der Waals surface area contributed by atoms with Crippen LogP contribution in [0.25, 0.3) is 16.7 Å². The lowest BCUT2D eigenvalue weighted by Gasteiger charge is -2.27. The third-order valence-electron chi connectivity index (χ3n) is 5.08. The molecule has 23 heavy (non-hydrogen) atoms. The van der Waals surface area contributed by atoms with E-state index in [1.165, 1.54) is 39.0 Å². The van der Waals surface area contributed by atoms with Gasteiger partial charge >= 0.3 is 0 Å². The van der Waals surface area contributed by atoms with Crippen molar-refractivity contribution >= 4 is 5.57 Å². The zero-order valence-corrected chi connectivity index (χ0v) is 12.8. The number of benzene rings is 2. The van der Waals surface area contributed by atoms with E-state index in [-0.39, 0.29) is 0 Å². The van der Waals surface area contributed by atoms with E-state index in [4.69, 9.17) is 0 Å². The topological polar surface area (TPSA) is 38.8 Å². The molecule has 0 unspecified atom stereocenters. The van der Waals surface area contributed by atoms with Gasteiger partial charge < -0.3 is 0 Å². The highest BCUT2D eigenvalue weighted by Crippen LogP contribution is 2.41. The fraction of sp³-hybridized carbons (Fsp3) is 0.200. The van der Waals surface area contributed by atoms with Crippen molar-refractivity contribution in [2.45, 2.75) is 25.7 Å². The Morgan fingerprint density at radius 2 is 1.65 bits per heavy atom. The third-order valence-corrected chi connectivity index (χ3v) is 5.08. The van der Waals surface area contributed by atoms with E-state index < -0.39 is 0 Å². The number of rotatable bonds is 1. The molecule has 0 amide bonds. The SMILES string of the molecule is C1=C(C2=CCCc3c2ccc2c3CCc3ccccc3-2)N=N[N]1. The zero-order chi connectivity index (χ0) is 15.2. The number of allylic oxidation sites excluding steroid dienone is 2. The smallest absolute Gasteiger partial charge is 0.115 e. The first kappa shape index (κ1) is 12.8. The van der Waals surface area contributed by atoms with Gasteiger partial charge in [-0.3, -0.25) is 0 Å². The Morgan fingerprint density at radius 1 is 0.783 bits per heavy atom. The molecule has 2 aromatic carbocycles. The highest BCUT2D eigenvalue weighted by molar-refractivity contribution is 5.85. The maximum atomic E-state index is 4.16. The highest BCUT2D eigenvalue weighted by Gasteiger charge is 2.25. The fourth-order valence-electron chi connectivity index (χ4n) is 4.05. The summed E-state index contributed by atoms with van der Waals surface area (Å²) in [6.07, 6.45) is 8.48. The van der Waals surface area contributed by atoms with Crippen LogP contribution in [0.5, 0.6) is 0 Å². The van der Waals surface area contributed by atoms with Gasteiger partial charge in [0.2, 0.25) is 0 Å². The van der Waals surface area contributed by atoms with Crippen LogP contribution in [0.1, 0.15) is 28.7 Å². The first-order chi connectivity index (χ1) is 11.4. The number of hydrogen-bond acceptors (Lipinski definition) is 2. The van der Waals surface area contributed by atoms with Gasteiger partial charge in [-0.15, -0.1) is 10.5 Å². The Kier molecular flexibility index (Phi) is 2.74. The van der Waals surface area contributed by atoms with E-state index in [1.807, 2.05) is 0 Å². The Labute approximate surface area is 135 Å². The Bertz CT molecular complexity index is 903. The van der Waals surface area contributed by atoms with Gasteiger partial charge in [-0.05, 0) is 64.3 Å². The fourth-order valence-corrected chi connectivity index (χ4v) is 4.05. The van der Waals surface area contributed by atoms with Gasteiger partial charge in [-0.1, -0.05) is 42.5 Å². The van der Waals surface area contributed by atoms with Crippen molar-refractivity contribution in [1.82, 2.24) is 5.43 Å². The van der Waals surface area contributed by atoms with Crippen molar-refractivity contribution in [3.8, 4) is 11.1 Å². The van der Waals surface area contributed by atoms with Crippen molar-refractivity contribution in [2.24, 2.45) is 10.3 Å². The molecule has 0 saturated carbocycles. The molecule has 1 radical (unpaired) electrons. The molecular weight excluding hydrogens is 282 g/mol. The minimum Gasteiger partial charge on any atom is -0.136 e. The summed E-state index contributed by atoms with van der Waals surface area (Å²) in [5, 5.41) is 7.90. The second-order valence-electron chi connectivity index (χ2n) is 6.25. The van der Waals surface area contributed by atoms with Gasteiger partial charge in [0.25, 0.3) is 0 Å². The molecule has 0 saturated heterocycles. The average molecular weight is 298 g/mol. The summed E-state index contributed by atoms with van der Waals surface area (Å²) in [7, 11) is 0. The molecule has 0 N–H and O–H groups in total. The summed E-state index contributed by atoms with van der Waals surface area (Å²) in [5.41, 5.74) is 14.6. The average Bonchev–Trinajstić information content (AvgIpc) is 3.15. The molecule has 0 fully saturated rings. The molecule has 1 aliphatic heterocycles. The van der Waals surface area contributed by atoms with Crippen LogP contribution >= 0.6 is 0 Å². The Balaban J connectivity index is 1.70. The van der Waals surface area contributed by atoms with Crippen molar-refractivity contribution in [2.75, 3.05) is 0 Å². The molecule has 0 aromatic heterocycles. The van der Waals surface area contributed by atoms with Crippen LogP contribution in [0.3, 0.4) is 0 Å². The summed E-state index contributed by atoms with van der Waals surface area (Å²) in [6.45, 7) is 0. The van der Waals surface area contributed by atoms with E-state index in [2.05, 4.69) is 58.2 Å². The summed E-state index contributed by atoms with van der Waals surface area (Å²) < 4.78 is 0. The van der Waals surface area contributed by atoms with Gasteiger partial charge in [-0.2, -0.15) is 0 Å². The Hall–Kier alpha value is -2.68. The van der Waals surface area contributed by atoms with Gasteiger partial charge in [0.15, 0.2) is 0 Å². The maximum Gasteiger partial charge on any atom is 0.115 e. The zero-order valence-electron chi connectivity index (χ0n) is 12.8. The van der Waals surface area contributed by atoms with Gasteiger partial charge in [0.05, 0.1) is 6.20 Å². The molecule has 1 heterocycles. The number of nitrogens with zero attached hydrogens (tertiary/aromatic N) is 3. The lowest BCUT2D eigenvalue weighted by atomic mass is 9.77. The van der Waals surface area contributed by atoms with Crippen LogP contribution in [0.4, 0.5) is 0 Å². The number of fused-ring (bicyclic) bond motifs is 5. The predicted octanol–water partition coefficient (Wildman–Crippen LogP) is 4.61. The van der Waals surface area contributed by atoms with Crippen LogP contribution in [-0.4, -0.2) is 0 Å². The van der Waals surface area contributed by atoms with Crippen molar-refractivity contribution in [1.29, 1.82) is 0 Å². The second kappa shape index (κ2) is 4.92. The molecular formula is C20H16N3. The molecule has 0 bridgehead atoms. The summed E-state index contributed by atoms with van der Waals surface area (Å²) in [6, 6.07) is 13.3. The summed E-state index contributed by atoms with van der Waals surface area (Å²) >= 11 is 0. The molecule has 3 nitrogen and oxygen atoms in total. The quantitative estimate of drug-likeness (QED) is 0.737. The van der Waals surface area contributed by atoms with Crippen LogP contribution in [0.15, 0.2) is 64.7 Å². The van der Waals surface area contributed by atoms with Crippen molar-refractivity contribution < 1.29 is 0 Å². The summed E-state index contributed by atoms with van der Waals surface area (Å²) in [4.78, 5) is 0. The van der Waals surface area contributed by atoms with Crippen LogP contribution < -0.4 is 5.43 Å². The standard InChI is InChI=1S/C20H16N3/c1-2-5-14-13(4-1)8-9-17-15-6-3-7-19(20-12-21-23-22-20)18(15)11-10-16(14)17/h1-2,4-5,7,10-12H,3,6,8-9H2. The first-order valence-electron chi connectivity index (χ1n) is 8.17. The second-order valence-corrected chi connectivity index (χ2v) is 6.25. The van der Waals surface area contributed by atoms with Gasteiger partial charge in [0.1, 0.15) is 5.70 Å². The molecule has 0 atom stereocenters. The molecule has 5 rings (SSSR count). The van der Waals surface area contributed by atoms with Crippen LogP contribution in [-0.2, 0) is 19.3 Å². The largest absolute Gasteiger partial charge is 0.136 e. The minimum atomic E-state index is 0.891. The van der Waals surface area contributed by atoms with E-state index in [9.17, 15) is 0 Å². The highest BCUT2D eigenvalue weighted by atomic mass is 15.4. The molecule has 3 aliphatic rings. The van der Waals surface area contributed by atoms with Crippen LogP contribution in [0, 0.1) is 0 Å². The monoisotopic (exact) mass is 298 g/mol. The minimum absolute atomic E-state index is 0.891. The van der Waals surface area contributed by atoms with Crippen LogP contribution in [0.2, 0.25) is 0 Å². The Morgan fingerprint density at radius 3 is 2.57 bits per heavy atom. The molecule has 2 aromatic rings. The first-order valence-corrected chi connectivity index (χ1v) is 8.17. The molecule has 3 heteroatoms. The number of hydrogen-bond donors (Lipinski definition) is 0. The van der Waals surface area contributed by atoms with E-state index in [0.717, 1.165) is 31.4 Å². The lowest BCUT2D eigenvalue weighted by molar-refractivity contribution is 0.883. The summed E-state index contributed by atoms with van der Waals surface area (Å²) in [5.74, 6) is 0. The molecule has 111 valence electrons. The van der Waals surface area contributed by atoms with Gasteiger partial charge in [-0.25, -0.2) is 0 Å². The lowest BCUT2D eigenvalue weighted by Crippen LogP contribution is -2.11. The third kappa shape index (κ3) is 1.89. The van der Waals surface area contributed by atoms with E-state index >= 15 is 0 Å². The van der Waals surface area contributed by atoms with E-state index in [1.54, 1.807) is 6.20 Å². The number of aryl methyl sites for hydroxylation is 1. The van der Waals surface area contributed by atoms with E-state index in [0.29, 0.717) is 0 Å². The van der Waals surface area contributed by atoms with Crippen molar-refractivity contribution in [3.63, 3.8) is 0 Å². The normalized spacial score (nSPS) is 17.6. The van der Waals surface area contributed by atoms with Gasteiger partial charge in [0, 0.05) is 5.57 Å². The molecule has 2 aliphatic carbocycles. The molecule has 0 spiro atoms. The van der Waals surface area contributed by atoms with Crippen molar-refractivity contribution in [3.05, 3.63) is 76.6 Å². The maximum absolute atomic E-state index is 4.16. The predicted molar refractivity (Wildman–Crippen MR) is 90.7 cm³/mol.